The summed E-state index contributed by atoms with van der Waals surface area (Å²) in [6, 6.07) is 19.9. The molecule has 1 aromatic heterocycles. The van der Waals surface area contributed by atoms with Crippen molar-refractivity contribution in [2.45, 2.75) is 46.5 Å². The van der Waals surface area contributed by atoms with Gasteiger partial charge < -0.3 is 0 Å². The molecule has 0 saturated carbocycles. The molecule has 1 heterocycles. The molecule has 0 radical (unpaired) electrons. The van der Waals surface area contributed by atoms with Crippen LogP contribution in [-0.4, -0.2) is 9.55 Å². The molecule has 3 aromatic carbocycles. The van der Waals surface area contributed by atoms with Crippen molar-refractivity contribution < 1.29 is 4.39 Å². The largest absolute Gasteiger partial charge is 0.299 e. The number of halogens is 1. The number of benzene rings is 3. The second-order valence-corrected chi connectivity index (χ2v) is 8.24. The summed E-state index contributed by atoms with van der Waals surface area (Å²) < 4.78 is 16.7. The fourth-order valence-corrected chi connectivity index (χ4v) is 4.21. The maximum atomic E-state index is 14.6. The molecule has 0 amide bonds. The Kier molecular flexibility index (Phi) is 6.31. The number of para-hydroxylation sites is 1. The standard InChI is InChI=1S/C28H29FN2/c1-4-5-6-10-22-11-13-23(14-12-22)24-17-25(19-26(29)18-24)28-30-15-16-31(28)27-20(2)8-7-9-21(27)3/h7-9,11-19H,4-6,10H2,1-3H3. The zero-order chi connectivity index (χ0) is 21.8. The number of rotatable bonds is 7. The minimum atomic E-state index is -0.254. The Labute approximate surface area is 184 Å². The summed E-state index contributed by atoms with van der Waals surface area (Å²) in [7, 11) is 0. The smallest absolute Gasteiger partial charge is 0.144 e. The molecule has 3 heteroatoms. The molecule has 0 unspecified atom stereocenters. The second-order valence-electron chi connectivity index (χ2n) is 8.24. The van der Waals surface area contributed by atoms with Crippen LogP contribution in [0.2, 0.25) is 0 Å². The minimum Gasteiger partial charge on any atom is -0.299 e. The first-order valence-corrected chi connectivity index (χ1v) is 11.1. The summed E-state index contributed by atoms with van der Waals surface area (Å²) in [4.78, 5) is 4.57. The van der Waals surface area contributed by atoms with E-state index in [1.807, 2.05) is 12.3 Å². The predicted molar refractivity (Wildman–Crippen MR) is 127 cm³/mol. The van der Waals surface area contributed by atoms with Crippen LogP contribution in [0.5, 0.6) is 0 Å². The van der Waals surface area contributed by atoms with E-state index in [4.69, 9.17) is 0 Å². The number of nitrogens with zero attached hydrogens (tertiary/aromatic N) is 2. The Hall–Kier alpha value is -3.20. The second kappa shape index (κ2) is 9.30. The van der Waals surface area contributed by atoms with Crippen LogP contribution in [-0.2, 0) is 6.42 Å². The van der Waals surface area contributed by atoms with Gasteiger partial charge in [0.05, 0.1) is 5.69 Å². The van der Waals surface area contributed by atoms with Crippen LogP contribution >= 0.6 is 0 Å². The number of unbranched alkanes of at least 4 members (excludes halogenated alkanes) is 2. The number of hydrogen-bond donors (Lipinski definition) is 0. The first-order valence-electron chi connectivity index (χ1n) is 11.1. The summed E-state index contributed by atoms with van der Waals surface area (Å²) in [5.74, 6) is 0.491. The maximum absolute atomic E-state index is 14.6. The minimum absolute atomic E-state index is 0.254. The molecule has 4 rings (SSSR count). The third kappa shape index (κ3) is 4.61. The van der Waals surface area contributed by atoms with Crippen LogP contribution in [0, 0.1) is 19.7 Å². The van der Waals surface area contributed by atoms with Crippen molar-refractivity contribution in [2.75, 3.05) is 0 Å². The molecular formula is C28H29FN2. The van der Waals surface area contributed by atoms with Gasteiger partial charge in [0.1, 0.15) is 11.6 Å². The lowest BCUT2D eigenvalue weighted by atomic mass is 9.99. The van der Waals surface area contributed by atoms with E-state index >= 15 is 0 Å². The summed E-state index contributed by atoms with van der Waals surface area (Å²) in [6.07, 6.45) is 8.50. The third-order valence-electron chi connectivity index (χ3n) is 5.83. The molecule has 4 aromatic rings. The van der Waals surface area contributed by atoms with Crippen molar-refractivity contribution in [3.63, 3.8) is 0 Å². The SMILES string of the molecule is CCCCCc1ccc(-c2cc(F)cc(-c3nccn3-c3c(C)cccc3C)c2)cc1. The molecule has 0 aliphatic carbocycles. The van der Waals surface area contributed by atoms with E-state index in [0.717, 1.165) is 45.7 Å². The first kappa shape index (κ1) is 21.0. The van der Waals surface area contributed by atoms with E-state index in [9.17, 15) is 4.39 Å². The van der Waals surface area contributed by atoms with E-state index in [2.05, 4.69) is 72.8 Å². The van der Waals surface area contributed by atoms with Gasteiger partial charge in [0.25, 0.3) is 0 Å². The van der Waals surface area contributed by atoms with Gasteiger partial charge in [0.2, 0.25) is 0 Å². The van der Waals surface area contributed by atoms with Gasteiger partial charge >= 0.3 is 0 Å². The fourth-order valence-electron chi connectivity index (χ4n) is 4.21. The average molecular weight is 413 g/mol. The Morgan fingerprint density at radius 2 is 1.55 bits per heavy atom. The van der Waals surface area contributed by atoms with Crippen molar-refractivity contribution >= 4 is 0 Å². The van der Waals surface area contributed by atoms with Gasteiger partial charge in [-0.05, 0) is 72.7 Å². The highest BCUT2D eigenvalue weighted by Gasteiger charge is 2.14. The average Bonchev–Trinajstić information content (AvgIpc) is 3.23. The molecular weight excluding hydrogens is 383 g/mol. The molecule has 0 N–H and O–H groups in total. The van der Waals surface area contributed by atoms with E-state index in [1.165, 1.54) is 24.8 Å². The molecule has 31 heavy (non-hydrogen) atoms. The zero-order valence-electron chi connectivity index (χ0n) is 18.5. The highest BCUT2D eigenvalue weighted by atomic mass is 19.1. The molecule has 0 saturated heterocycles. The summed E-state index contributed by atoms with van der Waals surface area (Å²) in [5, 5.41) is 0. The van der Waals surface area contributed by atoms with Gasteiger partial charge in [0.15, 0.2) is 0 Å². The molecule has 0 aliphatic rings. The van der Waals surface area contributed by atoms with Crippen molar-refractivity contribution in [3.8, 4) is 28.2 Å². The van der Waals surface area contributed by atoms with Gasteiger partial charge in [-0.2, -0.15) is 0 Å². The zero-order valence-corrected chi connectivity index (χ0v) is 18.5. The van der Waals surface area contributed by atoms with Crippen LogP contribution < -0.4 is 0 Å². The summed E-state index contributed by atoms with van der Waals surface area (Å²) >= 11 is 0. The molecule has 0 aliphatic heterocycles. The Balaban J connectivity index is 1.70. The topological polar surface area (TPSA) is 17.8 Å². The molecule has 0 atom stereocenters. The lowest BCUT2D eigenvalue weighted by Gasteiger charge is -2.14. The maximum Gasteiger partial charge on any atom is 0.144 e. The third-order valence-corrected chi connectivity index (χ3v) is 5.83. The van der Waals surface area contributed by atoms with E-state index in [1.54, 1.807) is 18.3 Å². The molecule has 0 fully saturated rings. The normalized spacial score (nSPS) is 11.1. The van der Waals surface area contributed by atoms with Crippen molar-refractivity contribution in [2.24, 2.45) is 0 Å². The van der Waals surface area contributed by atoms with Crippen LogP contribution in [0.4, 0.5) is 4.39 Å². The van der Waals surface area contributed by atoms with Crippen LogP contribution in [0.25, 0.3) is 28.2 Å². The Morgan fingerprint density at radius 1 is 0.839 bits per heavy atom. The van der Waals surface area contributed by atoms with Crippen molar-refractivity contribution in [1.82, 2.24) is 9.55 Å². The van der Waals surface area contributed by atoms with Gasteiger partial charge in [-0.1, -0.05) is 62.2 Å². The van der Waals surface area contributed by atoms with Crippen LogP contribution in [0.3, 0.4) is 0 Å². The van der Waals surface area contributed by atoms with Crippen molar-refractivity contribution in [3.05, 3.63) is 95.6 Å². The number of imidazole rings is 1. The van der Waals surface area contributed by atoms with Gasteiger partial charge in [-0.3, -0.25) is 4.57 Å². The molecule has 0 spiro atoms. The fraction of sp³-hybridized carbons (Fsp3) is 0.250. The lowest BCUT2D eigenvalue weighted by Crippen LogP contribution is -2.01. The Bertz CT molecular complexity index is 1150. The first-order chi connectivity index (χ1) is 15.1. The van der Waals surface area contributed by atoms with Crippen LogP contribution in [0.15, 0.2) is 73.1 Å². The summed E-state index contributed by atoms with van der Waals surface area (Å²) in [5.41, 5.74) is 7.41. The molecule has 158 valence electrons. The number of hydrogen-bond acceptors (Lipinski definition) is 1. The summed E-state index contributed by atoms with van der Waals surface area (Å²) in [6.45, 7) is 6.40. The highest BCUT2D eigenvalue weighted by Crippen LogP contribution is 2.30. The number of aryl methyl sites for hydroxylation is 3. The molecule has 2 nitrogen and oxygen atoms in total. The lowest BCUT2D eigenvalue weighted by molar-refractivity contribution is 0.628. The van der Waals surface area contributed by atoms with E-state index in [0.29, 0.717) is 0 Å². The van der Waals surface area contributed by atoms with E-state index < -0.39 is 0 Å². The quantitative estimate of drug-likeness (QED) is 0.284. The highest BCUT2D eigenvalue weighted by molar-refractivity contribution is 5.72. The number of aromatic nitrogens is 2. The van der Waals surface area contributed by atoms with E-state index in [-0.39, 0.29) is 5.82 Å². The Morgan fingerprint density at radius 3 is 2.26 bits per heavy atom. The predicted octanol–water partition coefficient (Wildman–Crippen LogP) is 7.69. The van der Waals surface area contributed by atoms with Crippen molar-refractivity contribution in [1.29, 1.82) is 0 Å². The van der Waals surface area contributed by atoms with Crippen LogP contribution in [0.1, 0.15) is 42.9 Å². The van der Waals surface area contributed by atoms with Gasteiger partial charge in [0, 0.05) is 18.0 Å². The van der Waals surface area contributed by atoms with Gasteiger partial charge in [-0.25, -0.2) is 9.37 Å². The van der Waals surface area contributed by atoms with Gasteiger partial charge in [-0.15, -0.1) is 0 Å². The molecule has 0 bridgehead atoms. The monoisotopic (exact) mass is 412 g/mol.